The van der Waals surface area contributed by atoms with Crippen molar-refractivity contribution < 1.29 is 0 Å². The molecule has 0 aromatic heterocycles. The van der Waals surface area contributed by atoms with Crippen LogP contribution in [0.25, 0.3) is 0 Å². The molecule has 0 saturated carbocycles. The standard InChI is InChI=1S/C28H41N5/c1-23-18-24(2)28(25(3)19-23)22-33(21-27-8-6-26(20-30)7-9-27)13-5-12-32-16-14-31(15-17-32)11-4-10-29/h6-9,18-19H,4-5,10-17,21-22,29H2,1-3H3. The molecule has 2 aromatic carbocycles. The third-order valence-corrected chi connectivity index (χ3v) is 6.80. The summed E-state index contributed by atoms with van der Waals surface area (Å²) in [5, 5.41) is 9.11. The molecule has 1 aliphatic rings. The number of piperazine rings is 1. The fourth-order valence-corrected chi connectivity index (χ4v) is 4.91. The second-order valence-electron chi connectivity index (χ2n) is 9.58. The first-order valence-electron chi connectivity index (χ1n) is 12.4. The molecule has 0 aliphatic carbocycles. The van der Waals surface area contributed by atoms with Crippen molar-refractivity contribution in [2.45, 2.75) is 46.7 Å². The van der Waals surface area contributed by atoms with Crippen LogP contribution in [0.4, 0.5) is 0 Å². The summed E-state index contributed by atoms with van der Waals surface area (Å²) in [6.45, 7) is 17.3. The Labute approximate surface area is 200 Å². The summed E-state index contributed by atoms with van der Waals surface area (Å²) in [4.78, 5) is 7.73. The van der Waals surface area contributed by atoms with Crippen LogP contribution in [-0.4, -0.2) is 67.1 Å². The molecule has 1 saturated heterocycles. The van der Waals surface area contributed by atoms with Gasteiger partial charge in [0.1, 0.15) is 0 Å². The fraction of sp³-hybridized carbons (Fsp3) is 0.536. The fourth-order valence-electron chi connectivity index (χ4n) is 4.91. The van der Waals surface area contributed by atoms with E-state index < -0.39 is 0 Å². The molecule has 1 heterocycles. The minimum atomic E-state index is 0.723. The summed E-state index contributed by atoms with van der Waals surface area (Å²) in [5.74, 6) is 0. The maximum atomic E-state index is 9.11. The predicted octanol–water partition coefficient (Wildman–Crippen LogP) is 3.84. The van der Waals surface area contributed by atoms with Crippen molar-refractivity contribution in [3.63, 3.8) is 0 Å². The molecule has 1 fully saturated rings. The van der Waals surface area contributed by atoms with Gasteiger partial charge in [-0.15, -0.1) is 0 Å². The van der Waals surface area contributed by atoms with Gasteiger partial charge in [-0.1, -0.05) is 29.8 Å². The lowest BCUT2D eigenvalue weighted by atomic mass is 9.99. The zero-order valence-corrected chi connectivity index (χ0v) is 20.8. The smallest absolute Gasteiger partial charge is 0.0991 e. The van der Waals surface area contributed by atoms with Crippen molar-refractivity contribution in [2.75, 3.05) is 52.4 Å². The number of benzene rings is 2. The molecule has 2 N–H and O–H groups in total. The number of nitriles is 1. The van der Waals surface area contributed by atoms with Gasteiger partial charge >= 0.3 is 0 Å². The van der Waals surface area contributed by atoms with E-state index in [4.69, 9.17) is 11.0 Å². The largest absolute Gasteiger partial charge is 0.330 e. The molecule has 0 amide bonds. The number of hydrogen-bond donors (Lipinski definition) is 1. The van der Waals surface area contributed by atoms with Gasteiger partial charge in [-0.25, -0.2) is 0 Å². The van der Waals surface area contributed by atoms with Gasteiger partial charge in [0.25, 0.3) is 0 Å². The molecule has 3 rings (SSSR count). The first-order chi connectivity index (χ1) is 16.0. The SMILES string of the molecule is Cc1cc(C)c(CN(CCCN2CCN(CCCN)CC2)Cc2ccc(C#N)cc2)c(C)c1. The van der Waals surface area contributed by atoms with Gasteiger partial charge < -0.3 is 15.5 Å². The van der Waals surface area contributed by atoms with Crippen LogP contribution in [0.15, 0.2) is 36.4 Å². The Morgan fingerprint density at radius 3 is 2.00 bits per heavy atom. The van der Waals surface area contributed by atoms with Crippen LogP contribution in [0.2, 0.25) is 0 Å². The van der Waals surface area contributed by atoms with E-state index in [-0.39, 0.29) is 0 Å². The first kappa shape index (κ1) is 25.4. The molecule has 178 valence electrons. The minimum Gasteiger partial charge on any atom is -0.330 e. The highest BCUT2D eigenvalue weighted by Crippen LogP contribution is 2.20. The number of nitrogens with two attached hydrogens (primary N) is 1. The molecular formula is C28H41N5. The highest BCUT2D eigenvalue weighted by molar-refractivity contribution is 5.37. The quantitative estimate of drug-likeness (QED) is 0.567. The van der Waals surface area contributed by atoms with Crippen molar-refractivity contribution in [1.82, 2.24) is 14.7 Å². The first-order valence-corrected chi connectivity index (χ1v) is 12.4. The molecule has 33 heavy (non-hydrogen) atoms. The molecule has 0 unspecified atom stereocenters. The Hall–Kier alpha value is -2.23. The molecule has 2 aromatic rings. The summed E-state index contributed by atoms with van der Waals surface area (Å²) in [6, 6.07) is 14.9. The average Bonchev–Trinajstić information content (AvgIpc) is 2.81. The maximum Gasteiger partial charge on any atom is 0.0991 e. The summed E-state index contributed by atoms with van der Waals surface area (Å²) < 4.78 is 0. The second kappa shape index (κ2) is 12.9. The molecule has 5 nitrogen and oxygen atoms in total. The van der Waals surface area contributed by atoms with E-state index >= 15 is 0 Å². The molecule has 5 heteroatoms. The van der Waals surface area contributed by atoms with Crippen LogP contribution < -0.4 is 5.73 Å². The topological polar surface area (TPSA) is 59.5 Å². The molecule has 0 spiro atoms. The Morgan fingerprint density at radius 1 is 0.879 bits per heavy atom. The molecule has 0 atom stereocenters. The Bertz CT molecular complexity index is 884. The van der Waals surface area contributed by atoms with E-state index in [2.05, 4.69) is 65.8 Å². The third kappa shape index (κ3) is 7.94. The van der Waals surface area contributed by atoms with E-state index in [0.717, 1.165) is 77.4 Å². The van der Waals surface area contributed by atoms with Gasteiger partial charge in [0, 0.05) is 45.8 Å². The summed E-state index contributed by atoms with van der Waals surface area (Å²) in [6.07, 6.45) is 2.27. The molecule has 0 radical (unpaired) electrons. The Kier molecular flexibility index (Phi) is 9.90. The summed E-state index contributed by atoms with van der Waals surface area (Å²) >= 11 is 0. The lowest BCUT2D eigenvalue weighted by Crippen LogP contribution is -2.47. The lowest BCUT2D eigenvalue weighted by Gasteiger charge is -2.35. The van der Waals surface area contributed by atoms with Crippen molar-refractivity contribution >= 4 is 0 Å². The lowest BCUT2D eigenvalue weighted by molar-refractivity contribution is 0.125. The van der Waals surface area contributed by atoms with Crippen LogP contribution in [0.3, 0.4) is 0 Å². The summed E-state index contributed by atoms with van der Waals surface area (Å²) in [5.41, 5.74) is 13.2. The van der Waals surface area contributed by atoms with Crippen LogP contribution in [-0.2, 0) is 13.1 Å². The third-order valence-electron chi connectivity index (χ3n) is 6.80. The Balaban J connectivity index is 1.59. The highest BCUT2D eigenvalue weighted by Gasteiger charge is 2.17. The predicted molar refractivity (Wildman–Crippen MR) is 137 cm³/mol. The maximum absolute atomic E-state index is 9.11. The zero-order valence-electron chi connectivity index (χ0n) is 20.8. The van der Waals surface area contributed by atoms with Gasteiger partial charge in [0.15, 0.2) is 0 Å². The van der Waals surface area contributed by atoms with Crippen molar-refractivity contribution in [1.29, 1.82) is 5.26 Å². The zero-order chi connectivity index (χ0) is 23.6. The summed E-state index contributed by atoms with van der Waals surface area (Å²) in [7, 11) is 0. The number of hydrogen-bond acceptors (Lipinski definition) is 5. The number of nitrogens with zero attached hydrogens (tertiary/aromatic N) is 4. The van der Waals surface area contributed by atoms with Crippen LogP contribution >= 0.6 is 0 Å². The highest BCUT2D eigenvalue weighted by atomic mass is 15.3. The van der Waals surface area contributed by atoms with E-state index in [1.54, 1.807) is 0 Å². The van der Waals surface area contributed by atoms with Gasteiger partial charge in [0.05, 0.1) is 11.6 Å². The number of rotatable bonds is 11. The Morgan fingerprint density at radius 2 is 1.45 bits per heavy atom. The van der Waals surface area contributed by atoms with Crippen molar-refractivity contribution in [3.8, 4) is 6.07 Å². The molecular weight excluding hydrogens is 406 g/mol. The molecule has 1 aliphatic heterocycles. The van der Waals surface area contributed by atoms with Gasteiger partial charge in [-0.3, -0.25) is 4.90 Å². The number of aryl methyl sites for hydroxylation is 3. The van der Waals surface area contributed by atoms with E-state index in [0.29, 0.717) is 0 Å². The van der Waals surface area contributed by atoms with Crippen LogP contribution in [0.5, 0.6) is 0 Å². The van der Waals surface area contributed by atoms with E-state index in [1.165, 1.54) is 34.2 Å². The van der Waals surface area contributed by atoms with E-state index in [9.17, 15) is 0 Å². The second-order valence-corrected chi connectivity index (χ2v) is 9.58. The minimum absolute atomic E-state index is 0.723. The van der Waals surface area contributed by atoms with Crippen molar-refractivity contribution in [2.24, 2.45) is 5.73 Å². The van der Waals surface area contributed by atoms with Gasteiger partial charge in [-0.2, -0.15) is 5.26 Å². The average molecular weight is 448 g/mol. The van der Waals surface area contributed by atoms with Crippen LogP contribution in [0, 0.1) is 32.1 Å². The van der Waals surface area contributed by atoms with E-state index in [1.807, 2.05) is 12.1 Å². The van der Waals surface area contributed by atoms with Crippen molar-refractivity contribution in [3.05, 3.63) is 69.8 Å². The van der Waals surface area contributed by atoms with Gasteiger partial charge in [-0.05, 0) is 87.6 Å². The normalized spacial score (nSPS) is 15.2. The van der Waals surface area contributed by atoms with Crippen LogP contribution in [0.1, 0.15) is 46.2 Å². The molecule has 0 bridgehead atoms. The van der Waals surface area contributed by atoms with Gasteiger partial charge in [0.2, 0.25) is 0 Å². The monoisotopic (exact) mass is 447 g/mol.